The van der Waals surface area contributed by atoms with E-state index in [0.717, 1.165) is 44.7 Å². The van der Waals surface area contributed by atoms with Crippen molar-refractivity contribution >= 4 is 23.4 Å². The molecule has 7 nitrogen and oxygen atoms in total. The van der Waals surface area contributed by atoms with Gasteiger partial charge in [-0.1, -0.05) is 0 Å². The van der Waals surface area contributed by atoms with Gasteiger partial charge in [-0.15, -0.1) is 0 Å². The molecule has 1 saturated carbocycles. The van der Waals surface area contributed by atoms with Gasteiger partial charge in [-0.05, 0) is 43.5 Å². The van der Waals surface area contributed by atoms with Gasteiger partial charge in [0.2, 0.25) is 11.8 Å². The van der Waals surface area contributed by atoms with Gasteiger partial charge in [0.25, 0.3) is 5.91 Å². The molecule has 2 N–H and O–H groups in total. The average molecular weight is 372 g/mol. The zero-order chi connectivity index (χ0) is 19.2. The third-order valence-electron chi connectivity index (χ3n) is 5.03. The van der Waals surface area contributed by atoms with Crippen LogP contribution in [0.4, 0.5) is 5.69 Å². The summed E-state index contributed by atoms with van der Waals surface area (Å²) in [7, 11) is 0. The van der Waals surface area contributed by atoms with Gasteiger partial charge in [-0.3, -0.25) is 14.4 Å². The maximum Gasteiger partial charge on any atom is 0.251 e. The van der Waals surface area contributed by atoms with E-state index in [4.69, 9.17) is 0 Å². The van der Waals surface area contributed by atoms with E-state index in [9.17, 15) is 14.4 Å². The molecule has 3 rings (SSSR count). The van der Waals surface area contributed by atoms with Crippen molar-refractivity contribution in [2.45, 2.75) is 26.2 Å². The number of carbonyl (C=O) groups excluding carboxylic acids is 3. The van der Waals surface area contributed by atoms with E-state index in [-0.39, 0.29) is 17.7 Å². The summed E-state index contributed by atoms with van der Waals surface area (Å²) in [5.74, 6) is 0.437. The lowest BCUT2D eigenvalue weighted by Gasteiger charge is -2.36. The molecular weight excluding hydrogens is 344 g/mol. The van der Waals surface area contributed by atoms with Crippen molar-refractivity contribution in [3.8, 4) is 0 Å². The first-order chi connectivity index (χ1) is 13.0. The molecule has 0 spiro atoms. The molecule has 0 unspecified atom stereocenters. The second-order valence-electron chi connectivity index (χ2n) is 7.23. The number of carbonyl (C=O) groups is 3. The van der Waals surface area contributed by atoms with Crippen LogP contribution >= 0.6 is 0 Å². The second kappa shape index (κ2) is 8.88. The van der Waals surface area contributed by atoms with Crippen molar-refractivity contribution < 1.29 is 14.4 Å². The minimum Gasteiger partial charge on any atom is -0.368 e. The summed E-state index contributed by atoms with van der Waals surface area (Å²) < 4.78 is 0. The lowest BCUT2D eigenvalue weighted by atomic mass is 10.1. The predicted octanol–water partition coefficient (Wildman–Crippen LogP) is 1.00. The van der Waals surface area contributed by atoms with Gasteiger partial charge in [0, 0.05) is 63.4 Å². The topological polar surface area (TPSA) is 81.8 Å². The molecule has 1 aromatic carbocycles. The van der Waals surface area contributed by atoms with E-state index >= 15 is 0 Å². The highest BCUT2D eigenvalue weighted by Gasteiger charge is 2.34. The van der Waals surface area contributed by atoms with Gasteiger partial charge in [-0.25, -0.2) is 0 Å². The highest BCUT2D eigenvalue weighted by Crippen LogP contribution is 2.31. The molecule has 1 aliphatic carbocycles. The number of nitrogens with one attached hydrogen (secondary N) is 2. The fraction of sp³-hybridized carbons (Fsp3) is 0.550. The van der Waals surface area contributed by atoms with Gasteiger partial charge in [0.05, 0.1) is 0 Å². The standard InChI is InChI=1S/C20H28N4O3/c1-15(25)21-9-2-10-22-19(26)16-5-7-18(8-6-16)23-11-13-24(14-12-23)20(27)17-3-4-17/h5-8,17H,2-4,9-14H2,1H3,(H,21,25)(H,22,26). The van der Waals surface area contributed by atoms with E-state index in [1.54, 1.807) is 0 Å². The number of anilines is 1. The zero-order valence-electron chi connectivity index (χ0n) is 15.9. The molecule has 0 atom stereocenters. The molecule has 0 radical (unpaired) electrons. The Labute approximate surface area is 160 Å². The lowest BCUT2D eigenvalue weighted by Crippen LogP contribution is -2.49. The van der Waals surface area contributed by atoms with E-state index in [1.807, 2.05) is 29.2 Å². The summed E-state index contributed by atoms with van der Waals surface area (Å²) in [5, 5.41) is 5.56. The van der Waals surface area contributed by atoms with Crippen molar-refractivity contribution in [2.75, 3.05) is 44.2 Å². The van der Waals surface area contributed by atoms with Crippen LogP contribution in [0.2, 0.25) is 0 Å². The SMILES string of the molecule is CC(=O)NCCCNC(=O)c1ccc(N2CCN(C(=O)C3CC3)CC2)cc1. The second-order valence-corrected chi connectivity index (χ2v) is 7.23. The normalized spacial score (nSPS) is 16.8. The Hall–Kier alpha value is -2.57. The summed E-state index contributed by atoms with van der Waals surface area (Å²) in [6.07, 6.45) is 2.80. The maximum absolute atomic E-state index is 12.2. The molecule has 2 fully saturated rings. The molecule has 0 bridgehead atoms. The quantitative estimate of drug-likeness (QED) is 0.700. The molecule has 1 aliphatic heterocycles. The molecule has 0 aromatic heterocycles. The Bertz CT molecular complexity index is 677. The summed E-state index contributed by atoms with van der Waals surface area (Å²) in [6.45, 7) is 5.75. The fourth-order valence-electron chi connectivity index (χ4n) is 3.25. The molecule has 3 amide bonds. The van der Waals surface area contributed by atoms with Crippen LogP contribution in [-0.2, 0) is 9.59 Å². The number of rotatable bonds is 7. The monoisotopic (exact) mass is 372 g/mol. The Morgan fingerprint density at radius 2 is 1.59 bits per heavy atom. The molecule has 146 valence electrons. The smallest absolute Gasteiger partial charge is 0.251 e. The number of hydrogen-bond acceptors (Lipinski definition) is 4. The predicted molar refractivity (Wildman–Crippen MR) is 104 cm³/mol. The zero-order valence-corrected chi connectivity index (χ0v) is 15.9. The Morgan fingerprint density at radius 1 is 0.963 bits per heavy atom. The molecule has 7 heteroatoms. The number of benzene rings is 1. The van der Waals surface area contributed by atoms with Crippen LogP contribution in [0.15, 0.2) is 24.3 Å². The Morgan fingerprint density at radius 3 is 2.19 bits per heavy atom. The molecule has 27 heavy (non-hydrogen) atoms. The summed E-state index contributed by atoms with van der Waals surface area (Å²) in [5.41, 5.74) is 1.71. The summed E-state index contributed by atoms with van der Waals surface area (Å²) in [6, 6.07) is 7.59. The molecular formula is C20H28N4O3. The van der Waals surface area contributed by atoms with Gasteiger partial charge in [0.15, 0.2) is 0 Å². The van der Waals surface area contributed by atoms with E-state index in [0.29, 0.717) is 31.0 Å². The third kappa shape index (κ3) is 5.45. The molecule has 1 aromatic rings. The van der Waals surface area contributed by atoms with Gasteiger partial charge in [0.1, 0.15) is 0 Å². The number of amides is 3. The van der Waals surface area contributed by atoms with Crippen LogP contribution in [0.3, 0.4) is 0 Å². The van der Waals surface area contributed by atoms with Crippen molar-refractivity contribution in [3.63, 3.8) is 0 Å². The molecule has 2 aliphatic rings. The van der Waals surface area contributed by atoms with Crippen molar-refractivity contribution in [1.29, 1.82) is 0 Å². The first-order valence-electron chi connectivity index (χ1n) is 9.71. The number of hydrogen-bond donors (Lipinski definition) is 2. The molecule has 1 saturated heterocycles. The fourth-order valence-corrected chi connectivity index (χ4v) is 3.25. The largest absolute Gasteiger partial charge is 0.368 e. The summed E-state index contributed by atoms with van der Waals surface area (Å²) >= 11 is 0. The highest BCUT2D eigenvalue weighted by atomic mass is 16.2. The van der Waals surface area contributed by atoms with Crippen molar-refractivity contribution in [2.24, 2.45) is 5.92 Å². The minimum atomic E-state index is -0.107. The lowest BCUT2D eigenvalue weighted by molar-refractivity contribution is -0.132. The maximum atomic E-state index is 12.2. The summed E-state index contributed by atoms with van der Waals surface area (Å²) in [4.78, 5) is 39.3. The van der Waals surface area contributed by atoms with Crippen molar-refractivity contribution in [1.82, 2.24) is 15.5 Å². The molecule has 1 heterocycles. The highest BCUT2D eigenvalue weighted by molar-refractivity contribution is 5.94. The van der Waals surface area contributed by atoms with E-state index in [1.165, 1.54) is 6.92 Å². The first kappa shape index (κ1) is 19.2. The van der Waals surface area contributed by atoms with Crippen LogP contribution in [0.1, 0.15) is 36.5 Å². The van der Waals surface area contributed by atoms with E-state index < -0.39 is 0 Å². The van der Waals surface area contributed by atoms with Crippen LogP contribution in [0, 0.1) is 5.92 Å². The van der Waals surface area contributed by atoms with Crippen LogP contribution in [-0.4, -0.2) is 61.9 Å². The van der Waals surface area contributed by atoms with Crippen LogP contribution < -0.4 is 15.5 Å². The van der Waals surface area contributed by atoms with Gasteiger partial charge in [-0.2, -0.15) is 0 Å². The third-order valence-corrected chi connectivity index (χ3v) is 5.03. The minimum absolute atomic E-state index is 0.0605. The van der Waals surface area contributed by atoms with Gasteiger partial charge >= 0.3 is 0 Å². The first-order valence-corrected chi connectivity index (χ1v) is 9.71. The van der Waals surface area contributed by atoms with Crippen LogP contribution in [0.25, 0.3) is 0 Å². The average Bonchev–Trinajstić information content (AvgIpc) is 3.52. The van der Waals surface area contributed by atoms with Gasteiger partial charge < -0.3 is 20.4 Å². The van der Waals surface area contributed by atoms with Crippen LogP contribution in [0.5, 0.6) is 0 Å². The van der Waals surface area contributed by atoms with Crippen molar-refractivity contribution in [3.05, 3.63) is 29.8 Å². The Balaban J connectivity index is 1.42. The Kier molecular flexibility index (Phi) is 6.32. The number of piperazine rings is 1. The number of nitrogens with zero attached hydrogens (tertiary/aromatic N) is 2. The van der Waals surface area contributed by atoms with E-state index in [2.05, 4.69) is 15.5 Å².